The van der Waals surface area contributed by atoms with Gasteiger partial charge in [-0.05, 0) is 35.4 Å². The van der Waals surface area contributed by atoms with Gasteiger partial charge < -0.3 is 10.1 Å². The number of esters is 1. The van der Waals surface area contributed by atoms with Crippen molar-refractivity contribution in [3.8, 4) is 0 Å². The van der Waals surface area contributed by atoms with E-state index in [9.17, 15) is 9.59 Å². The number of nitrogens with zero attached hydrogens (tertiary/aromatic N) is 1. The third-order valence-corrected chi connectivity index (χ3v) is 5.60. The molecule has 1 heterocycles. The average molecular weight is 330 g/mol. The summed E-state index contributed by atoms with van der Waals surface area (Å²) in [6.45, 7) is 8.49. The maximum absolute atomic E-state index is 12.3. The van der Waals surface area contributed by atoms with Crippen molar-refractivity contribution in [2.45, 2.75) is 33.7 Å². The largest absolute Gasteiger partial charge is 0.469 e. The number of ether oxygens (including phenoxy) is 1. The molecule has 24 heavy (non-hydrogen) atoms. The van der Waals surface area contributed by atoms with E-state index >= 15 is 0 Å². The van der Waals surface area contributed by atoms with E-state index in [1.807, 2.05) is 24.3 Å². The first-order valence-corrected chi connectivity index (χ1v) is 8.44. The second-order valence-corrected chi connectivity index (χ2v) is 7.91. The van der Waals surface area contributed by atoms with E-state index in [0.717, 1.165) is 31.7 Å². The number of nitrogens with one attached hydrogen (secondary N) is 1. The molecule has 1 aliphatic carbocycles. The highest BCUT2D eigenvalue weighted by molar-refractivity contribution is 5.88. The van der Waals surface area contributed by atoms with Crippen LogP contribution in [0.3, 0.4) is 0 Å². The molecule has 1 saturated carbocycles. The van der Waals surface area contributed by atoms with E-state index in [1.54, 1.807) is 0 Å². The zero-order valence-corrected chi connectivity index (χ0v) is 14.9. The van der Waals surface area contributed by atoms with Crippen molar-refractivity contribution in [3.05, 3.63) is 29.8 Å². The van der Waals surface area contributed by atoms with Crippen LogP contribution in [0.5, 0.6) is 0 Å². The number of anilines is 1. The van der Waals surface area contributed by atoms with E-state index in [2.05, 4.69) is 24.1 Å². The van der Waals surface area contributed by atoms with Gasteiger partial charge in [-0.2, -0.15) is 0 Å². The van der Waals surface area contributed by atoms with Crippen molar-refractivity contribution in [3.63, 3.8) is 0 Å². The summed E-state index contributed by atoms with van der Waals surface area (Å²) in [4.78, 5) is 25.8. The standard InChI is InChI=1S/C19H26N2O3/c1-13(22)20-15-7-5-14(6-8-15)9-21-10-16-18(2,3)11-19(16,12-21)17(23)24-4/h5-8,16H,9-12H2,1-4H3,(H,20,22)/t16-,19+/m1/s1. The summed E-state index contributed by atoms with van der Waals surface area (Å²) < 4.78 is 5.10. The summed E-state index contributed by atoms with van der Waals surface area (Å²) in [7, 11) is 1.49. The first-order chi connectivity index (χ1) is 11.3. The third kappa shape index (κ3) is 2.81. The molecule has 0 aromatic heterocycles. The first-order valence-electron chi connectivity index (χ1n) is 8.44. The Morgan fingerprint density at radius 1 is 1.29 bits per heavy atom. The lowest BCUT2D eigenvalue weighted by molar-refractivity contribution is -0.174. The predicted octanol–water partition coefficient (Wildman–Crippen LogP) is 2.67. The number of methoxy groups -OCH3 is 1. The normalized spacial score (nSPS) is 27.9. The van der Waals surface area contributed by atoms with Crippen molar-refractivity contribution in [2.75, 3.05) is 25.5 Å². The average Bonchev–Trinajstić information content (AvgIpc) is 2.83. The molecule has 2 atom stereocenters. The van der Waals surface area contributed by atoms with E-state index in [1.165, 1.54) is 19.6 Å². The molecule has 5 nitrogen and oxygen atoms in total. The van der Waals surface area contributed by atoms with Crippen LogP contribution in [0.15, 0.2) is 24.3 Å². The number of amides is 1. The maximum Gasteiger partial charge on any atom is 0.313 e. The van der Waals surface area contributed by atoms with Gasteiger partial charge in [0.25, 0.3) is 0 Å². The Hall–Kier alpha value is -1.88. The minimum absolute atomic E-state index is 0.0599. The van der Waals surface area contributed by atoms with Crippen LogP contribution in [0.2, 0.25) is 0 Å². The van der Waals surface area contributed by atoms with Gasteiger partial charge in [0.05, 0.1) is 12.5 Å². The quantitative estimate of drug-likeness (QED) is 0.862. The Kier molecular flexibility index (Phi) is 4.16. The van der Waals surface area contributed by atoms with Crippen LogP contribution in [0, 0.1) is 16.7 Å². The Morgan fingerprint density at radius 2 is 1.96 bits per heavy atom. The van der Waals surface area contributed by atoms with Gasteiger partial charge in [-0.1, -0.05) is 26.0 Å². The highest BCUT2D eigenvalue weighted by atomic mass is 16.5. The van der Waals surface area contributed by atoms with Crippen LogP contribution in [-0.2, 0) is 20.9 Å². The van der Waals surface area contributed by atoms with E-state index in [-0.39, 0.29) is 22.7 Å². The minimum atomic E-state index is -0.325. The molecule has 1 saturated heterocycles. The van der Waals surface area contributed by atoms with E-state index < -0.39 is 0 Å². The molecule has 0 spiro atoms. The summed E-state index contributed by atoms with van der Waals surface area (Å²) in [5, 5.41) is 2.78. The van der Waals surface area contributed by atoms with Gasteiger partial charge in [-0.15, -0.1) is 0 Å². The van der Waals surface area contributed by atoms with Gasteiger partial charge in [0.15, 0.2) is 0 Å². The van der Waals surface area contributed by atoms with Crippen molar-refractivity contribution in [2.24, 2.45) is 16.7 Å². The Morgan fingerprint density at radius 3 is 2.50 bits per heavy atom. The highest BCUT2D eigenvalue weighted by Gasteiger charge is 2.67. The van der Waals surface area contributed by atoms with Crippen LogP contribution in [0.4, 0.5) is 5.69 Å². The summed E-state index contributed by atoms with van der Waals surface area (Å²) in [5.41, 5.74) is 1.86. The summed E-state index contributed by atoms with van der Waals surface area (Å²) in [6, 6.07) is 7.89. The Bertz CT molecular complexity index is 653. The van der Waals surface area contributed by atoms with Crippen LogP contribution >= 0.6 is 0 Å². The van der Waals surface area contributed by atoms with Gasteiger partial charge in [0.2, 0.25) is 5.91 Å². The molecule has 1 aliphatic heterocycles. The molecule has 3 rings (SSSR count). The SMILES string of the molecule is COC(=O)[C@@]12CN(Cc3ccc(NC(C)=O)cc3)C[C@@H]1C(C)(C)C2. The summed E-state index contributed by atoms with van der Waals surface area (Å²) in [6.07, 6.45) is 0.898. The molecule has 1 amide bonds. The monoisotopic (exact) mass is 330 g/mol. The molecule has 2 fully saturated rings. The Balaban J connectivity index is 1.69. The lowest BCUT2D eigenvalue weighted by atomic mass is 9.48. The topological polar surface area (TPSA) is 58.6 Å². The fourth-order valence-corrected chi connectivity index (χ4v) is 4.74. The number of fused-ring (bicyclic) bond motifs is 1. The fourth-order valence-electron chi connectivity index (χ4n) is 4.74. The number of hydrogen-bond acceptors (Lipinski definition) is 4. The predicted molar refractivity (Wildman–Crippen MR) is 92.4 cm³/mol. The van der Waals surface area contributed by atoms with Gasteiger partial charge >= 0.3 is 5.97 Å². The van der Waals surface area contributed by atoms with Gasteiger partial charge in [-0.25, -0.2) is 0 Å². The number of carbonyl (C=O) groups excluding carboxylic acids is 2. The zero-order chi connectivity index (χ0) is 17.5. The lowest BCUT2D eigenvalue weighted by Gasteiger charge is -2.54. The molecule has 5 heteroatoms. The van der Waals surface area contributed by atoms with Crippen molar-refractivity contribution >= 4 is 17.6 Å². The molecule has 0 radical (unpaired) electrons. The highest BCUT2D eigenvalue weighted by Crippen LogP contribution is 2.63. The minimum Gasteiger partial charge on any atom is -0.469 e. The summed E-state index contributed by atoms with van der Waals surface area (Å²) in [5.74, 6) is 0.229. The molecule has 0 unspecified atom stereocenters. The lowest BCUT2D eigenvalue weighted by Crippen LogP contribution is -2.57. The van der Waals surface area contributed by atoms with E-state index in [0.29, 0.717) is 5.92 Å². The smallest absolute Gasteiger partial charge is 0.313 e. The van der Waals surface area contributed by atoms with Crippen LogP contribution in [0.25, 0.3) is 0 Å². The number of carbonyl (C=O) groups is 2. The van der Waals surface area contributed by atoms with E-state index in [4.69, 9.17) is 4.74 Å². The molecular formula is C19H26N2O3. The van der Waals surface area contributed by atoms with Crippen LogP contribution in [-0.4, -0.2) is 37.0 Å². The number of likely N-dealkylation sites (tertiary alicyclic amines) is 1. The van der Waals surface area contributed by atoms with Gasteiger partial charge in [0, 0.05) is 32.2 Å². The van der Waals surface area contributed by atoms with Crippen molar-refractivity contribution < 1.29 is 14.3 Å². The van der Waals surface area contributed by atoms with Crippen molar-refractivity contribution in [1.29, 1.82) is 0 Å². The zero-order valence-electron chi connectivity index (χ0n) is 14.9. The first kappa shape index (κ1) is 17.0. The van der Waals surface area contributed by atoms with Crippen LogP contribution in [0.1, 0.15) is 32.8 Å². The number of benzene rings is 1. The second-order valence-electron chi connectivity index (χ2n) is 7.91. The second kappa shape index (κ2) is 5.88. The maximum atomic E-state index is 12.3. The van der Waals surface area contributed by atoms with Crippen LogP contribution < -0.4 is 5.32 Å². The number of hydrogen-bond donors (Lipinski definition) is 1. The number of rotatable bonds is 4. The van der Waals surface area contributed by atoms with Gasteiger partial charge in [0.1, 0.15) is 0 Å². The molecule has 2 aliphatic rings. The fraction of sp³-hybridized carbons (Fsp3) is 0.579. The molecule has 1 aromatic rings. The molecule has 1 N–H and O–H groups in total. The van der Waals surface area contributed by atoms with Gasteiger partial charge in [-0.3, -0.25) is 14.5 Å². The summed E-state index contributed by atoms with van der Waals surface area (Å²) >= 11 is 0. The Labute approximate surface area is 143 Å². The molecule has 1 aromatic carbocycles. The molecule has 0 bridgehead atoms. The van der Waals surface area contributed by atoms with Crippen molar-refractivity contribution in [1.82, 2.24) is 4.90 Å². The molecule has 130 valence electrons. The molecular weight excluding hydrogens is 304 g/mol. The third-order valence-electron chi connectivity index (χ3n) is 5.60.